The minimum atomic E-state index is -0.226. The molecule has 2 amide bonds. The molecule has 0 aliphatic carbocycles. The van der Waals surface area contributed by atoms with E-state index in [4.69, 9.17) is 0 Å². The molecule has 0 fully saturated rings. The molecule has 0 bridgehead atoms. The molecule has 0 aliphatic heterocycles. The van der Waals surface area contributed by atoms with E-state index in [2.05, 4.69) is 25.3 Å². The number of aromatic nitrogens is 2. The van der Waals surface area contributed by atoms with Crippen molar-refractivity contribution in [2.24, 2.45) is 0 Å². The van der Waals surface area contributed by atoms with Crippen molar-refractivity contribution in [1.29, 1.82) is 0 Å². The van der Waals surface area contributed by atoms with Crippen LogP contribution in [0, 0.1) is 6.92 Å². The highest BCUT2D eigenvalue weighted by Gasteiger charge is 2.19. The van der Waals surface area contributed by atoms with E-state index in [1.54, 1.807) is 7.05 Å². The lowest BCUT2D eigenvalue weighted by molar-refractivity contribution is -0.119. The Hall–Kier alpha value is -2.78. The first-order valence-electron chi connectivity index (χ1n) is 8.67. The zero-order chi connectivity index (χ0) is 20.3. The third-order valence-electron chi connectivity index (χ3n) is 4.17. The van der Waals surface area contributed by atoms with Gasteiger partial charge in [-0.15, -0.1) is 11.3 Å². The number of nitrogens with one attached hydrogen (secondary N) is 3. The number of thiazole rings is 1. The third-order valence-corrected chi connectivity index (χ3v) is 5.88. The highest BCUT2D eigenvalue weighted by atomic mass is 32.1. The van der Waals surface area contributed by atoms with Crippen LogP contribution in [0.15, 0.2) is 29.6 Å². The second-order valence-corrected chi connectivity index (χ2v) is 7.89. The fourth-order valence-corrected chi connectivity index (χ4v) is 4.22. The number of hydrogen-bond acceptors (Lipinski definition) is 7. The number of hydrogen-bond donors (Lipinski definition) is 3. The van der Waals surface area contributed by atoms with E-state index >= 15 is 0 Å². The number of amides is 2. The van der Waals surface area contributed by atoms with Crippen LogP contribution in [0.25, 0.3) is 11.3 Å². The van der Waals surface area contributed by atoms with Gasteiger partial charge in [0.2, 0.25) is 5.91 Å². The molecule has 2 heterocycles. The van der Waals surface area contributed by atoms with Crippen LogP contribution >= 0.6 is 22.9 Å². The molecule has 0 saturated carbocycles. The minimum absolute atomic E-state index is 0.0549. The number of benzene rings is 1. The molecule has 0 aliphatic rings. The molecule has 7 nitrogen and oxygen atoms in total. The van der Waals surface area contributed by atoms with Crippen molar-refractivity contribution >= 4 is 44.8 Å². The number of nitrogens with zero attached hydrogens (tertiary/aromatic N) is 2. The summed E-state index contributed by atoms with van der Waals surface area (Å²) in [5.74, 6) is -0.287. The zero-order valence-corrected chi connectivity index (χ0v) is 17.6. The Morgan fingerprint density at radius 3 is 2.54 bits per heavy atom. The summed E-state index contributed by atoms with van der Waals surface area (Å²) >= 11 is 2.63. The van der Waals surface area contributed by atoms with Crippen LogP contribution in [-0.4, -0.2) is 28.2 Å². The molecule has 3 rings (SSSR count). The molecule has 3 N–H and O–H groups in total. The quantitative estimate of drug-likeness (QED) is 0.564. The first-order valence-corrected chi connectivity index (χ1v) is 10.3. The maximum Gasteiger partial charge on any atom is 0.262 e. The van der Waals surface area contributed by atoms with Gasteiger partial charge in [0.1, 0.15) is 5.00 Å². The van der Waals surface area contributed by atoms with E-state index in [9.17, 15) is 9.59 Å². The highest BCUT2D eigenvalue weighted by Crippen LogP contribution is 2.28. The Balaban J connectivity index is 1.72. The summed E-state index contributed by atoms with van der Waals surface area (Å²) in [4.78, 5) is 28.3. The fourth-order valence-electron chi connectivity index (χ4n) is 2.76. The second kappa shape index (κ2) is 8.49. The van der Waals surface area contributed by atoms with Gasteiger partial charge in [0.15, 0.2) is 5.13 Å². The zero-order valence-electron chi connectivity index (χ0n) is 16.0. The van der Waals surface area contributed by atoms with Gasteiger partial charge in [0.05, 0.1) is 23.0 Å². The Labute approximate surface area is 171 Å². The lowest BCUT2D eigenvalue weighted by Crippen LogP contribution is -2.23. The first-order chi connectivity index (χ1) is 13.4. The molecule has 3 aromatic rings. The lowest BCUT2D eigenvalue weighted by Gasteiger charge is -2.13. The molecule has 0 radical (unpaired) electrons. The Morgan fingerprint density at radius 2 is 1.89 bits per heavy atom. The van der Waals surface area contributed by atoms with Crippen molar-refractivity contribution in [3.8, 4) is 11.3 Å². The van der Waals surface area contributed by atoms with Gasteiger partial charge in [-0.2, -0.15) is 4.37 Å². The Morgan fingerprint density at radius 1 is 1.18 bits per heavy atom. The van der Waals surface area contributed by atoms with Gasteiger partial charge in [-0.3, -0.25) is 14.9 Å². The molecule has 0 saturated heterocycles. The van der Waals surface area contributed by atoms with Crippen molar-refractivity contribution in [2.45, 2.75) is 26.8 Å². The number of anilines is 2. The summed E-state index contributed by atoms with van der Waals surface area (Å²) in [7, 11) is 1.77. The largest absolute Gasteiger partial charge is 0.378 e. The average molecular weight is 416 g/mol. The fraction of sp³-hybridized carbons (Fsp3) is 0.263. The second-order valence-electron chi connectivity index (χ2n) is 6.26. The summed E-state index contributed by atoms with van der Waals surface area (Å²) in [5.41, 5.74) is 3.98. The van der Waals surface area contributed by atoms with E-state index in [0.29, 0.717) is 16.4 Å². The normalized spacial score (nSPS) is 11.7. The van der Waals surface area contributed by atoms with Crippen molar-refractivity contribution in [3.63, 3.8) is 0 Å². The van der Waals surface area contributed by atoms with E-state index in [-0.39, 0.29) is 17.9 Å². The number of rotatable bonds is 6. The van der Waals surface area contributed by atoms with Crippen LogP contribution in [0.2, 0.25) is 0 Å². The van der Waals surface area contributed by atoms with Gasteiger partial charge in [0, 0.05) is 24.9 Å². The van der Waals surface area contributed by atoms with Gasteiger partial charge in [0.25, 0.3) is 5.91 Å². The van der Waals surface area contributed by atoms with Gasteiger partial charge < -0.3 is 10.6 Å². The van der Waals surface area contributed by atoms with Gasteiger partial charge >= 0.3 is 0 Å². The molecular weight excluding hydrogens is 394 g/mol. The molecule has 9 heteroatoms. The van der Waals surface area contributed by atoms with Crippen molar-refractivity contribution in [2.75, 3.05) is 17.7 Å². The maximum absolute atomic E-state index is 12.6. The summed E-state index contributed by atoms with van der Waals surface area (Å²) in [6.45, 7) is 5.25. The summed E-state index contributed by atoms with van der Waals surface area (Å²) in [5, 5.41) is 11.9. The molecular formula is C19H21N5O2S2. The molecule has 146 valence electrons. The number of carbonyl (C=O) groups is 2. The standard InChI is InChI=1S/C19H21N5O2S2/c1-10(21-12(3)25)13-5-7-14(8-6-13)15-9-27-19(22-15)23-17(26)16-11(2)24-28-18(16)20-4/h5-10,20H,1-4H3,(H,21,25)(H,22,23,26). The van der Waals surface area contributed by atoms with Gasteiger partial charge in [-0.25, -0.2) is 4.98 Å². The van der Waals surface area contributed by atoms with Gasteiger partial charge in [-0.1, -0.05) is 24.3 Å². The van der Waals surface area contributed by atoms with Crippen LogP contribution in [0.4, 0.5) is 10.1 Å². The smallest absolute Gasteiger partial charge is 0.262 e. The van der Waals surface area contributed by atoms with Crippen LogP contribution in [0.3, 0.4) is 0 Å². The summed E-state index contributed by atoms with van der Waals surface area (Å²) < 4.78 is 4.22. The monoisotopic (exact) mass is 415 g/mol. The highest BCUT2D eigenvalue weighted by molar-refractivity contribution is 7.14. The lowest BCUT2D eigenvalue weighted by atomic mass is 10.1. The van der Waals surface area contributed by atoms with Crippen LogP contribution in [0.1, 0.15) is 41.5 Å². The number of carbonyl (C=O) groups excluding carboxylic acids is 2. The van der Waals surface area contributed by atoms with E-state index in [0.717, 1.165) is 21.8 Å². The predicted molar refractivity (Wildman–Crippen MR) is 114 cm³/mol. The predicted octanol–water partition coefficient (Wildman–Crippen LogP) is 4.07. The molecule has 28 heavy (non-hydrogen) atoms. The van der Waals surface area contributed by atoms with Crippen LogP contribution in [0.5, 0.6) is 0 Å². The topological polar surface area (TPSA) is 96.0 Å². The van der Waals surface area contributed by atoms with Crippen LogP contribution < -0.4 is 16.0 Å². The van der Waals surface area contributed by atoms with Crippen molar-refractivity contribution < 1.29 is 9.59 Å². The third kappa shape index (κ3) is 4.37. The molecule has 1 atom stereocenters. The van der Waals surface area contributed by atoms with E-state index in [1.807, 2.05) is 43.5 Å². The van der Waals surface area contributed by atoms with Crippen LogP contribution in [-0.2, 0) is 4.79 Å². The first kappa shape index (κ1) is 20.0. The molecule has 2 aromatic heterocycles. The summed E-state index contributed by atoms with van der Waals surface area (Å²) in [6.07, 6.45) is 0. The van der Waals surface area contributed by atoms with Crippen molar-refractivity contribution in [1.82, 2.24) is 14.7 Å². The average Bonchev–Trinajstić information content (AvgIpc) is 3.27. The maximum atomic E-state index is 12.6. The molecule has 0 spiro atoms. The van der Waals surface area contributed by atoms with Gasteiger partial charge in [-0.05, 0) is 30.9 Å². The minimum Gasteiger partial charge on any atom is -0.378 e. The molecule has 1 aromatic carbocycles. The molecule has 1 unspecified atom stereocenters. The SMILES string of the molecule is CNc1snc(C)c1C(=O)Nc1nc(-c2ccc(C(C)NC(C)=O)cc2)cs1. The number of aryl methyl sites for hydroxylation is 1. The van der Waals surface area contributed by atoms with E-state index < -0.39 is 0 Å². The van der Waals surface area contributed by atoms with Crippen molar-refractivity contribution in [3.05, 3.63) is 46.5 Å². The van der Waals surface area contributed by atoms with E-state index in [1.165, 1.54) is 29.8 Å². The Kier molecular flexibility index (Phi) is 6.05. The Bertz CT molecular complexity index is 994. The summed E-state index contributed by atoms with van der Waals surface area (Å²) in [6, 6.07) is 7.79.